The van der Waals surface area contributed by atoms with Crippen LogP contribution in [0.1, 0.15) is 29.8 Å². The van der Waals surface area contributed by atoms with Crippen LogP contribution in [-0.4, -0.2) is 25.5 Å². The standard InChI is InChI=1S/C27H23Cl2N3O6S.Na/c1-3-15-9-11-20(28)26(39(35,36)37)23(15)31-32-24-18-8-6-5-7-16(18)13-19(25(24)33)27(34)30-22-12-10-17(38-4-2)14-21(22)29;/h5-14,33H,3-4H2,1-2H3,(H,30,34)(H,35,36,37);/q;+1/p-1. The van der Waals surface area contributed by atoms with Gasteiger partial charge in [-0.05, 0) is 48.6 Å². The van der Waals surface area contributed by atoms with Crippen LogP contribution < -0.4 is 44.7 Å². The number of rotatable bonds is 8. The van der Waals surface area contributed by atoms with E-state index in [1.54, 1.807) is 55.5 Å². The number of aryl methyl sites for hydroxylation is 1. The molecule has 0 bridgehead atoms. The van der Waals surface area contributed by atoms with Crippen molar-refractivity contribution >= 4 is 67.1 Å². The Morgan fingerprint density at radius 1 is 1.00 bits per heavy atom. The molecule has 4 aromatic carbocycles. The fourth-order valence-corrected chi connectivity index (χ4v) is 5.34. The maximum atomic E-state index is 13.5. The summed E-state index contributed by atoms with van der Waals surface area (Å²) in [5.41, 5.74) is 0.0625. The minimum Gasteiger partial charge on any atom is -0.870 e. The number of benzene rings is 4. The normalized spacial score (nSPS) is 11.4. The monoisotopic (exact) mass is 609 g/mol. The van der Waals surface area contributed by atoms with Crippen LogP contribution in [0.3, 0.4) is 0 Å². The van der Waals surface area contributed by atoms with Gasteiger partial charge in [-0.25, -0.2) is 0 Å². The number of hydrogen-bond acceptors (Lipinski definition) is 7. The Morgan fingerprint density at radius 3 is 2.35 bits per heavy atom. The zero-order chi connectivity index (χ0) is 28.3. The number of nitrogens with one attached hydrogen (secondary N) is 1. The van der Waals surface area contributed by atoms with Crippen LogP contribution in [0, 0.1) is 0 Å². The molecule has 0 fully saturated rings. The largest absolute Gasteiger partial charge is 1.00 e. The van der Waals surface area contributed by atoms with Crippen LogP contribution in [0.2, 0.25) is 10.0 Å². The van der Waals surface area contributed by atoms with E-state index >= 15 is 0 Å². The Kier molecular flexibility index (Phi) is 10.6. The molecular formula is C27H22Cl2N3NaO6S. The number of carbonyl (C=O) groups is 1. The quantitative estimate of drug-likeness (QED) is 0.175. The van der Waals surface area contributed by atoms with Crippen LogP contribution in [-0.2, 0) is 16.5 Å². The Labute approximate surface area is 263 Å². The minimum atomic E-state index is -4.77. The van der Waals surface area contributed by atoms with E-state index in [2.05, 4.69) is 15.5 Å². The third-order valence-electron chi connectivity index (χ3n) is 5.78. The van der Waals surface area contributed by atoms with E-state index in [-0.39, 0.29) is 62.2 Å². The van der Waals surface area contributed by atoms with Crippen LogP contribution in [0.4, 0.5) is 17.1 Å². The number of nitrogens with zero attached hydrogens (tertiary/aromatic N) is 2. The van der Waals surface area contributed by atoms with Gasteiger partial charge in [-0.15, -0.1) is 5.11 Å². The van der Waals surface area contributed by atoms with Gasteiger partial charge in [-0.1, -0.05) is 66.2 Å². The van der Waals surface area contributed by atoms with E-state index in [0.29, 0.717) is 35.1 Å². The van der Waals surface area contributed by atoms with Gasteiger partial charge in [0, 0.05) is 17.0 Å². The molecule has 13 heteroatoms. The summed E-state index contributed by atoms with van der Waals surface area (Å²) in [6.45, 7) is 4.02. The fourth-order valence-electron chi connectivity index (χ4n) is 3.95. The molecular weight excluding hydrogens is 588 g/mol. The first-order valence-electron chi connectivity index (χ1n) is 11.7. The van der Waals surface area contributed by atoms with Crippen molar-refractivity contribution in [3.8, 4) is 11.5 Å². The maximum absolute atomic E-state index is 13.5. The first-order chi connectivity index (χ1) is 18.5. The van der Waals surface area contributed by atoms with Crippen LogP contribution >= 0.6 is 23.2 Å². The number of hydrogen-bond donors (Lipinski definition) is 2. The summed E-state index contributed by atoms with van der Waals surface area (Å²) in [6, 6.07) is 15.7. The average Bonchev–Trinajstić information content (AvgIpc) is 2.88. The Balaban J connectivity index is 0.00000441. The zero-order valence-electron chi connectivity index (χ0n) is 21.7. The van der Waals surface area contributed by atoms with E-state index in [4.69, 9.17) is 27.9 Å². The molecule has 202 valence electrons. The molecule has 0 heterocycles. The molecule has 4 aromatic rings. The first kappa shape index (κ1) is 31.8. The summed E-state index contributed by atoms with van der Waals surface area (Å²) in [5.74, 6) is -0.954. The molecule has 9 nitrogen and oxygen atoms in total. The topological polar surface area (TPSA) is 140 Å². The second-order valence-electron chi connectivity index (χ2n) is 8.26. The molecule has 40 heavy (non-hydrogen) atoms. The molecule has 0 aromatic heterocycles. The molecule has 0 aliphatic rings. The summed E-state index contributed by atoms with van der Waals surface area (Å²) in [6.07, 6.45) is 0.338. The molecule has 0 aliphatic carbocycles. The van der Waals surface area contributed by atoms with Gasteiger partial charge in [0.15, 0.2) is 0 Å². The molecule has 0 spiro atoms. The summed E-state index contributed by atoms with van der Waals surface area (Å²) in [7, 11) is -4.77. The molecule has 0 atom stereocenters. The molecule has 1 amide bonds. The minimum absolute atomic E-state index is 0. The van der Waals surface area contributed by atoms with Gasteiger partial charge in [0.05, 0.1) is 28.0 Å². The maximum Gasteiger partial charge on any atom is 1.00 e. The predicted molar refractivity (Wildman–Crippen MR) is 149 cm³/mol. The molecule has 0 radical (unpaired) electrons. The number of anilines is 1. The van der Waals surface area contributed by atoms with Crippen molar-refractivity contribution in [1.82, 2.24) is 0 Å². The predicted octanol–water partition coefficient (Wildman–Crippen LogP) is 4.10. The second-order valence-corrected chi connectivity index (χ2v) is 10.4. The second kappa shape index (κ2) is 13.3. The van der Waals surface area contributed by atoms with E-state index in [1.807, 2.05) is 6.92 Å². The Hall–Kier alpha value is -2.70. The molecule has 0 saturated heterocycles. The molecule has 2 N–H and O–H groups in total. The van der Waals surface area contributed by atoms with Crippen molar-refractivity contribution in [2.24, 2.45) is 10.2 Å². The van der Waals surface area contributed by atoms with Gasteiger partial charge in [0.1, 0.15) is 16.3 Å². The summed E-state index contributed by atoms with van der Waals surface area (Å²) in [4.78, 5) is 12.6. The molecule has 0 aliphatic heterocycles. The smallest absolute Gasteiger partial charge is 0.870 e. The van der Waals surface area contributed by atoms with Gasteiger partial charge in [0.25, 0.3) is 16.0 Å². The zero-order valence-corrected chi connectivity index (χ0v) is 26.1. The van der Waals surface area contributed by atoms with E-state index in [0.717, 1.165) is 0 Å². The Morgan fingerprint density at radius 2 is 1.70 bits per heavy atom. The van der Waals surface area contributed by atoms with Crippen molar-refractivity contribution in [3.63, 3.8) is 0 Å². The van der Waals surface area contributed by atoms with Crippen molar-refractivity contribution in [2.75, 3.05) is 11.9 Å². The fraction of sp³-hybridized carbons (Fsp3) is 0.148. The van der Waals surface area contributed by atoms with Crippen molar-refractivity contribution < 1.29 is 57.2 Å². The molecule has 4 rings (SSSR count). The van der Waals surface area contributed by atoms with Crippen LogP contribution in [0.15, 0.2) is 75.8 Å². The molecule has 0 unspecified atom stereocenters. The van der Waals surface area contributed by atoms with Crippen LogP contribution in [0.5, 0.6) is 11.5 Å². The summed E-state index contributed by atoms with van der Waals surface area (Å²) < 4.78 is 39.3. The number of azo groups is 1. The SMILES string of the molecule is CCOc1ccc(NC(=O)c2cc3ccccc3c(N=Nc3c(CC)ccc(Cl)c3S(=O)(=O)O)c2[O-])c(Cl)c1.[Na+]. The number of carbonyl (C=O) groups excluding carboxylic acids is 1. The van der Waals surface area contributed by atoms with Gasteiger partial charge in [-0.3, -0.25) is 9.35 Å². The van der Waals surface area contributed by atoms with Gasteiger partial charge >= 0.3 is 29.6 Å². The number of amides is 1. The van der Waals surface area contributed by atoms with E-state index in [1.165, 1.54) is 12.1 Å². The van der Waals surface area contributed by atoms with Gasteiger partial charge < -0.3 is 15.2 Å². The van der Waals surface area contributed by atoms with Gasteiger partial charge in [0.2, 0.25) is 0 Å². The summed E-state index contributed by atoms with van der Waals surface area (Å²) >= 11 is 12.3. The third kappa shape index (κ3) is 6.77. The van der Waals surface area contributed by atoms with Crippen molar-refractivity contribution in [3.05, 3.63) is 81.8 Å². The Bertz CT molecular complexity index is 1730. The third-order valence-corrected chi connectivity index (χ3v) is 7.44. The summed E-state index contributed by atoms with van der Waals surface area (Å²) in [5, 5.41) is 25.1. The first-order valence-corrected chi connectivity index (χ1v) is 13.9. The van der Waals surface area contributed by atoms with E-state index < -0.39 is 26.7 Å². The number of fused-ring (bicyclic) bond motifs is 1. The van der Waals surface area contributed by atoms with Crippen molar-refractivity contribution in [2.45, 2.75) is 25.2 Å². The van der Waals surface area contributed by atoms with E-state index in [9.17, 15) is 22.9 Å². The van der Waals surface area contributed by atoms with Crippen LogP contribution in [0.25, 0.3) is 10.8 Å². The van der Waals surface area contributed by atoms with Crippen molar-refractivity contribution in [1.29, 1.82) is 0 Å². The average molecular weight is 610 g/mol. The molecule has 0 saturated carbocycles. The number of ether oxygens (including phenoxy) is 1. The number of halogens is 2. The van der Waals surface area contributed by atoms with Gasteiger partial charge in [-0.2, -0.15) is 13.5 Å².